The molecule has 0 aromatic carbocycles. The van der Waals surface area contributed by atoms with Gasteiger partial charge in [0, 0.05) is 68.6 Å². The van der Waals surface area contributed by atoms with E-state index >= 15 is 0 Å². The van der Waals surface area contributed by atoms with E-state index in [4.69, 9.17) is 53.6 Å². The summed E-state index contributed by atoms with van der Waals surface area (Å²) in [6, 6.07) is -3.82. The van der Waals surface area contributed by atoms with E-state index in [1.165, 1.54) is 49.0 Å². The molecule has 0 heterocycles. The highest BCUT2D eigenvalue weighted by Gasteiger charge is 2.31. The quantitative estimate of drug-likeness (QED) is 0.0302. The first-order chi connectivity index (χ1) is 52.4. The largest absolute Gasteiger partial charge is 0.463 e. The molecule has 0 spiro atoms. The van der Waals surface area contributed by atoms with Crippen LogP contribution in [0.1, 0.15) is 190 Å². The highest BCUT2D eigenvalue weighted by molar-refractivity contribution is 5.79. The van der Waals surface area contributed by atoms with Crippen LogP contribution in [-0.2, 0) is 81.1 Å². The van der Waals surface area contributed by atoms with E-state index in [9.17, 15) is 82.4 Å². The lowest BCUT2D eigenvalue weighted by atomic mass is 9.91. The molecule has 0 aromatic heterocycles. The second-order valence-corrected chi connectivity index (χ2v) is 28.3. The zero-order valence-electron chi connectivity index (χ0n) is 71.8. The van der Waals surface area contributed by atoms with Crippen molar-refractivity contribution < 1.29 is 136 Å². The van der Waals surface area contributed by atoms with Gasteiger partial charge in [0.25, 0.3) is 0 Å². The standard InChI is InChI=1S/2C11H22N2O4.2C11H21NO4.2C10H20N2O4.C10H19NO4/c1-5-11(2,3)9(15)17-7-8(6-14)13-10(16)12-4;1-5-11(2,3)9(15)17-7-8(14)6-13-10(16)12-4;1-5-11(3,4)10(15)16-7-9(6-13)12-8(2)14;1-5-11(3,4)10(15)16-7-9(14)6-12-8(2)13;1-4-7(2)9(14)16-6-8(5-13)12-10(15)11-3;1-4-7(2)9(14)16-6-8(13)5-12-10(15)11-3;1-4-7(2)10(14)15-6-9(5-12)11-8(3)13/h2*8,14H,5-7H2,1-4H3,(H2,12,13,16);9,13H,5-7H2,1-4H3,(H,12,14);9,14H,5-7H2,1-4H3,(H,12,13);2*7-8,13H,4-6H2,1-3H3,(H2,11,12,15);7,9,12H,4-6H2,1-3H3,(H,11,13). The van der Waals surface area contributed by atoms with Gasteiger partial charge in [-0.2, -0.15) is 0 Å². The third-order valence-corrected chi connectivity index (χ3v) is 16.6. The number of hydrogen-bond donors (Lipinski definition) is 18. The molecule has 39 nitrogen and oxygen atoms in total. The van der Waals surface area contributed by atoms with E-state index in [1.807, 2.05) is 48.5 Å². The van der Waals surface area contributed by atoms with Crippen LogP contribution in [0.4, 0.5) is 19.2 Å². The number of hydrogen-bond acceptors (Lipinski definition) is 28. The molecule has 0 aliphatic rings. The molecule has 0 fully saturated rings. The Morgan fingerprint density at radius 3 is 0.708 bits per heavy atom. The average molecular weight is 1640 g/mol. The van der Waals surface area contributed by atoms with Crippen LogP contribution in [0.15, 0.2) is 0 Å². The van der Waals surface area contributed by atoms with Crippen molar-refractivity contribution in [3.05, 3.63) is 0 Å². The summed E-state index contributed by atoms with van der Waals surface area (Å²) < 4.78 is 34.8. The molecule has 0 aliphatic carbocycles. The Bertz CT molecular complexity index is 2710. The zero-order valence-corrected chi connectivity index (χ0v) is 71.8. The van der Waals surface area contributed by atoms with Crippen molar-refractivity contribution in [2.45, 2.75) is 233 Å². The molecule has 0 aliphatic heterocycles. The van der Waals surface area contributed by atoms with Crippen molar-refractivity contribution in [3.63, 3.8) is 0 Å². The van der Waals surface area contributed by atoms with Crippen LogP contribution >= 0.6 is 0 Å². The van der Waals surface area contributed by atoms with Crippen molar-refractivity contribution >= 4 is 83.6 Å². The van der Waals surface area contributed by atoms with Crippen LogP contribution < -0.4 is 58.5 Å². The van der Waals surface area contributed by atoms with Crippen LogP contribution in [0.5, 0.6) is 0 Å². The molecule has 18 N–H and O–H groups in total. The molecule has 11 amide bonds. The van der Waals surface area contributed by atoms with Crippen molar-refractivity contribution in [2.24, 2.45) is 39.4 Å². The van der Waals surface area contributed by atoms with Crippen molar-refractivity contribution in [2.75, 3.05) is 121 Å². The number of aliphatic hydroxyl groups is 7. The predicted octanol–water partition coefficient (Wildman–Crippen LogP) is 1.24. The second kappa shape index (κ2) is 68.0. The Labute approximate surface area is 668 Å². The van der Waals surface area contributed by atoms with Crippen LogP contribution in [0, 0.1) is 39.4 Å². The maximum absolute atomic E-state index is 11.6. The highest BCUT2D eigenvalue weighted by Crippen LogP contribution is 2.24. The number of ether oxygens (including phenoxy) is 7. The minimum absolute atomic E-state index is 0.00164. The summed E-state index contributed by atoms with van der Waals surface area (Å²) in [7, 11) is 5.89. The third-order valence-electron chi connectivity index (χ3n) is 16.6. The molecule has 0 saturated carbocycles. The molecule has 10 unspecified atom stereocenters. The molecule has 0 bridgehead atoms. The Balaban J connectivity index is -0.000000232. The van der Waals surface area contributed by atoms with Gasteiger partial charge >= 0.3 is 65.9 Å². The summed E-state index contributed by atoms with van der Waals surface area (Å²) >= 11 is 0. The molecule has 39 heteroatoms. The van der Waals surface area contributed by atoms with E-state index in [0.717, 1.165) is 0 Å². The molecule has 10 atom stereocenters. The van der Waals surface area contributed by atoms with Gasteiger partial charge in [-0.1, -0.05) is 69.2 Å². The molecule has 0 aromatic rings. The lowest BCUT2D eigenvalue weighted by Crippen LogP contribution is -2.45. The normalized spacial score (nSPS) is 13.3. The number of rotatable bonds is 42. The molecule has 0 saturated heterocycles. The number of carbonyl (C=O) groups excluding carboxylic acids is 14. The Morgan fingerprint density at radius 2 is 0.504 bits per heavy atom. The fraction of sp³-hybridized carbons (Fsp3) is 0.811. The van der Waals surface area contributed by atoms with Gasteiger partial charge in [-0.25, -0.2) is 19.2 Å². The van der Waals surface area contributed by atoms with Gasteiger partial charge in [0.15, 0.2) is 0 Å². The number of carbonyl (C=O) groups is 14. The number of amides is 11. The predicted molar refractivity (Wildman–Crippen MR) is 419 cm³/mol. The zero-order chi connectivity index (χ0) is 89.4. The minimum Gasteiger partial charge on any atom is -0.463 e. The van der Waals surface area contributed by atoms with Crippen LogP contribution in [-0.4, -0.2) is 282 Å². The molecule has 0 rings (SSSR count). The Hall–Kier alpha value is -8.50. The smallest absolute Gasteiger partial charge is 0.314 e. The van der Waals surface area contributed by atoms with Crippen molar-refractivity contribution in [1.82, 2.24) is 58.5 Å². The van der Waals surface area contributed by atoms with Crippen molar-refractivity contribution in [3.8, 4) is 0 Å². The summed E-state index contributed by atoms with van der Waals surface area (Å²) in [6.45, 7) is 35.7. The lowest BCUT2D eigenvalue weighted by Gasteiger charge is -2.22. The Kier molecular flexibility index (Phi) is 70.8. The second-order valence-electron chi connectivity index (χ2n) is 28.3. The fourth-order valence-electron chi connectivity index (χ4n) is 6.21. The van der Waals surface area contributed by atoms with E-state index in [1.54, 1.807) is 76.2 Å². The first-order valence-corrected chi connectivity index (χ1v) is 37.7. The van der Waals surface area contributed by atoms with Gasteiger partial charge in [-0.3, -0.25) is 47.9 Å². The monoisotopic (exact) mass is 1640 g/mol. The van der Waals surface area contributed by atoms with Crippen molar-refractivity contribution in [1.29, 1.82) is 0 Å². The summed E-state index contributed by atoms with van der Waals surface area (Å²) in [6.07, 6.45) is 2.15. The summed E-state index contributed by atoms with van der Waals surface area (Å²) in [5.41, 5.74) is -2.16. The van der Waals surface area contributed by atoms with Gasteiger partial charge in [-0.05, 0) is 100 Å². The number of nitrogens with one attached hydrogen (secondary N) is 11. The molecule has 0 radical (unpaired) electrons. The van der Waals surface area contributed by atoms with Gasteiger partial charge in [0.1, 0.15) is 64.6 Å². The first kappa shape index (κ1) is 118. The molecule has 113 heavy (non-hydrogen) atoms. The maximum atomic E-state index is 11.6. The SMILES string of the molecule is CCC(C)(C)C(=O)OCC(CO)NC(=O)NC.CCC(C)(C)C(=O)OCC(CO)NC(C)=O.CCC(C)(C)C(=O)OCC(O)CNC(=O)NC.CCC(C)(C)C(=O)OCC(O)CNC(C)=O.CCC(C)C(=O)OCC(CO)NC(=O)NC.CCC(C)C(=O)OCC(CO)NC(C)=O.CCC(C)C(=O)OCC(O)CNC(=O)NC. The van der Waals surface area contributed by atoms with Gasteiger partial charge in [-0.15, -0.1) is 0 Å². The van der Waals surface area contributed by atoms with Crippen LogP contribution in [0.3, 0.4) is 0 Å². The topological polar surface area (TPSA) is 578 Å². The van der Waals surface area contributed by atoms with E-state index in [-0.39, 0.29) is 182 Å². The lowest BCUT2D eigenvalue weighted by molar-refractivity contribution is -0.157. The number of urea groups is 4. The third kappa shape index (κ3) is 65.6. The van der Waals surface area contributed by atoms with Gasteiger partial charge in [0.2, 0.25) is 17.7 Å². The first-order valence-electron chi connectivity index (χ1n) is 37.7. The average Bonchev–Trinajstić information content (AvgIpc) is 0.892. The number of esters is 7. The van der Waals surface area contributed by atoms with E-state index in [2.05, 4.69) is 58.5 Å². The molecular formula is C74H145N11O28. The minimum atomic E-state index is -0.899. The summed E-state index contributed by atoms with van der Waals surface area (Å²) in [5, 5.41) is 90.6. The molecular weight excluding hydrogens is 1490 g/mol. The Morgan fingerprint density at radius 1 is 0.301 bits per heavy atom. The summed E-state index contributed by atoms with van der Waals surface area (Å²) in [5.74, 6) is -3.52. The maximum Gasteiger partial charge on any atom is 0.314 e. The summed E-state index contributed by atoms with van der Waals surface area (Å²) in [4.78, 5) is 156. The van der Waals surface area contributed by atoms with Crippen LogP contribution in [0.2, 0.25) is 0 Å². The van der Waals surface area contributed by atoms with Gasteiger partial charge in [0.05, 0.1) is 90.0 Å². The van der Waals surface area contributed by atoms with E-state index < -0.39 is 76.2 Å². The van der Waals surface area contributed by atoms with Crippen LogP contribution in [0.25, 0.3) is 0 Å². The fourth-order valence-corrected chi connectivity index (χ4v) is 6.21. The van der Waals surface area contributed by atoms with E-state index in [0.29, 0.717) is 44.9 Å². The molecule has 664 valence electrons. The number of aliphatic hydroxyl groups excluding tert-OH is 7. The highest BCUT2D eigenvalue weighted by atomic mass is 16.6. The van der Waals surface area contributed by atoms with Gasteiger partial charge < -0.3 is 127 Å².